The average Bonchev–Trinajstić information content (AvgIpc) is 2.69. The van der Waals surface area contributed by atoms with Crippen molar-refractivity contribution in [3.05, 3.63) is 41.7 Å². The van der Waals surface area contributed by atoms with Gasteiger partial charge in [-0.2, -0.15) is 5.10 Å². The van der Waals surface area contributed by atoms with Gasteiger partial charge in [-0.15, -0.1) is 0 Å². The van der Waals surface area contributed by atoms with E-state index in [0.717, 1.165) is 17.7 Å². The largest absolute Gasteiger partial charge is 0.378 e. The Morgan fingerprint density at radius 1 is 1.47 bits per heavy atom. The van der Waals surface area contributed by atoms with Crippen LogP contribution in [0.4, 0.5) is 10.1 Å². The fourth-order valence-electron chi connectivity index (χ4n) is 1.74. The Labute approximate surface area is 99.5 Å². The van der Waals surface area contributed by atoms with E-state index >= 15 is 0 Å². The molecule has 0 saturated heterocycles. The Kier molecular flexibility index (Phi) is 3.37. The third-order valence-corrected chi connectivity index (χ3v) is 2.57. The molecule has 0 atom stereocenters. The molecule has 0 aliphatic rings. The van der Waals surface area contributed by atoms with Gasteiger partial charge in [0.2, 0.25) is 0 Å². The summed E-state index contributed by atoms with van der Waals surface area (Å²) in [6.07, 6.45) is 5.59. The molecule has 90 valence electrons. The Hall–Kier alpha value is -1.91. The van der Waals surface area contributed by atoms with Gasteiger partial charge in [-0.25, -0.2) is 4.39 Å². The van der Waals surface area contributed by atoms with Crippen molar-refractivity contribution in [1.29, 1.82) is 0 Å². The van der Waals surface area contributed by atoms with Crippen LogP contribution in [0.15, 0.2) is 24.7 Å². The molecule has 0 aromatic carbocycles. The smallest absolute Gasteiger partial charge is 0.164 e. The van der Waals surface area contributed by atoms with Gasteiger partial charge < -0.3 is 5.32 Å². The Balaban J connectivity index is 2.09. The molecule has 0 aliphatic carbocycles. The van der Waals surface area contributed by atoms with Gasteiger partial charge in [-0.1, -0.05) is 6.92 Å². The third kappa shape index (κ3) is 2.61. The molecular formula is C12H15FN4. The summed E-state index contributed by atoms with van der Waals surface area (Å²) >= 11 is 0. The van der Waals surface area contributed by atoms with Gasteiger partial charge in [0.25, 0.3) is 0 Å². The Morgan fingerprint density at radius 3 is 3.00 bits per heavy atom. The minimum Gasteiger partial charge on any atom is -0.378 e. The van der Waals surface area contributed by atoms with Crippen molar-refractivity contribution in [2.75, 3.05) is 5.32 Å². The SMILES string of the molecule is CCc1nn(C)cc1CNc1ccncc1F. The second-order valence-electron chi connectivity index (χ2n) is 3.84. The lowest BCUT2D eigenvalue weighted by atomic mass is 10.2. The normalized spacial score (nSPS) is 10.5. The summed E-state index contributed by atoms with van der Waals surface area (Å²) in [6.45, 7) is 2.62. The van der Waals surface area contributed by atoms with E-state index in [0.29, 0.717) is 12.2 Å². The molecule has 17 heavy (non-hydrogen) atoms. The van der Waals surface area contributed by atoms with E-state index in [4.69, 9.17) is 0 Å². The number of nitrogens with one attached hydrogen (secondary N) is 1. The minimum absolute atomic E-state index is 0.338. The lowest BCUT2D eigenvalue weighted by Gasteiger charge is -2.06. The van der Waals surface area contributed by atoms with Crippen LogP contribution in [-0.2, 0) is 20.0 Å². The van der Waals surface area contributed by atoms with E-state index in [-0.39, 0.29) is 5.82 Å². The number of pyridine rings is 1. The first kappa shape index (κ1) is 11.6. The molecule has 0 spiro atoms. The van der Waals surface area contributed by atoms with Crippen LogP contribution < -0.4 is 5.32 Å². The van der Waals surface area contributed by atoms with Gasteiger partial charge in [-0.05, 0) is 12.5 Å². The van der Waals surface area contributed by atoms with Crippen molar-refractivity contribution in [2.45, 2.75) is 19.9 Å². The van der Waals surface area contributed by atoms with Crippen LogP contribution in [0, 0.1) is 5.82 Å². The van der Waals surface area contributed by atoms with Crippen molar-refractivity contribution >= 4 is 5.69 Å². The van der Waals surface area contributed by atoms with E-state index < -0.39 is 0 Å². The van der Waals surface area contributed by atoms with E-state index in [2.05, 4.69) is 22.3 Å². The second kappa shape index (κ2) is 4.95. The van der Waals surface area contributed by atoms with Crippen LogP contribution >= 0.6 is 0 Å². The summed E-state index contributed by atoms with van der Waals surface area (Å²) in [4.78, 5) is 3.71. The lowest BCUT2D eigenvalue weighted by Crippen LogP contribution is -2.03. The molecule has 2 aromatic heterocycles. The molecule has 2 heterocycles. The number of aryl methyl sites for hydroxylation is 2. The number of hydrogen-bond donors (Lipinski definition) is 1. The number of anilines is 1. The molecular weight excluding hydrogens is 219 g/mol. The van der Waals surface area contributed by atoms with E-state index in [9.17, 15) is 4.39 Å². The van der Waals surface area contributed by atoms with E-state index in [1.807, 2.05) is 13.2 Å². The van der Waals surface area contributed by atoms with Crippen molar-refractivity contribution in [3.63, 3.8) is 0 Å². The van der Waals surface area contributed by atoms with Crippen molar-refractivity contribution < 1.29 is 4.39 Å². The van der Waals surface area contributed by atoms with Crippen LogP contribution in [0.2, 0.25) is 0 Å². The van der Waals surface area contributed by atoms with Crippen LogP contribution in [-0.4, -0.2) is 14.8 Å². The monoisotopic (exact) mass is 234 g/mol. The van der Waals surface area contributed by atoms with Gasteiger partial charge in [0, 0.05) is 31.5 Å². The summed E-state index contributed by atoms with van der Waals surface area (Å²) in [7, 11) is 1.88. The maximum Gasteiger partial charge on any atom is 0.164 e. The van der Waals surface area contributed by atoms with Gasteiger partial charge in [0.15, 0.2) is 5.82 Å². The number of nitrogens with zero attached hydrogens (tertiary/aromatic N) is 3. The highest BCUT2D eigenvalue weighted by Crippen LogP contribution is 2.14. The number of rotatable bonds is 4. The fourth-order valence-corrected chi connectivity index (χ4v) is 1.74. The molecule has 0 radical (unpaired) electrons. The maximum absolute atomic E-state index is 13.3. The molecule has 0 fully saturated rings. The number of aromatic nitrogens is 3. The predicted molar refractivity (Wildman–Crippen MR) is 64.1 cm³/mol. The zero-order valence-electron chi connectivity index (χ0n) is 9.94. The van der Waals surface area contributed by atoms with Crippen molar-refractivity contribution in [2.24, 2.45) is 7.05 Å². The first-order valence-corrected chi connectivity index (χ1v) is 5.55. The third-order valence-electron chi connectivity index (χ3n) is 2.57. The zero-order valence-corrected chi connectivity index (χ0v) is 9.94. The lowest BCUT2D eigenvalue weighted by molar-refractivity contribution is 0.624. The van der Waals surface area contributed by atoms with E-state index in [1.165, 1.54) is 6.20 Å². The van der Waals surface area contributed by atoms with Gasteiger partial charge in [0.1, 0.15) is 0 Å². The molecule has 2 aromatic rings. The maximum atomic E-state index is 13.3. The van der Waals surface area contributed by atoms with Crippen LogP contribution in [0.1, 0.15) is 18.2 Å². The van der Waals surface area contributed by atoms with Crippen molar-refractivity contribution in [3.8, 4) is 0 Å². The molecule has 0 amide bonds. The van der Waals surface area contributed by atoms with Crippen molar-refractivity contribution in [1.82, 2.24) is 14.8 Å². The minimum atomic E-state index is -0.338. The fraction of sp³-hybridized carbons (Fsp3) is 0.333. The Morgan fingerprint density at radius 2 is 2.29 bits per heavy atom. The standard InChI is InChI=1S/C12H15FN4/c1-3-11-9(8-17(2)16-11)6-15-12-4-5-14-7-10(12)13/h4-5,7-8H,3,6H2,1-2H3,(H,14,15). The summed E-state index contributed by atoms with van der Waals surface area (Å²) in [5.74, 6) is -0.338. The zero-order chi connectivity index (χ0) is 12.3. The van der Waals surface area contributed by atoms with Gasteiger partial charge in [-0.3, -0.25) is 9.67 Å². The highest BCUT2D eigenvalue weighted by molar-refractivity contribution is 5.43. The number of halogens is 1. The van der Waals surface area contributed by atoms with Crippen LogP contribution in [0.25, 0.3) is 0 Å². The molecule has 0 aliphatic heterocycles. The molecule has 0 unspecified atom stereocenters. The summed E-state index contributed by atoms with van der Waals surface area (Å²) < 4.78 is 15.1. The van der Waals surface area contributed by atoms with Crippen LogP contribution in [0.5, 0.6) is 0 Å². The molecule has 4 nitrogen and oxygen atoms in total. The average molecular weight is 234 g/mol. The summed E-state index contributed by atoms with van der Waals surface area (Å²) in [5, 5.41) is 7.38. The topological polar surface area (TPSA) is 42.7 Å². The Bertz CT molecular complexity index is 507. The van der Waals surface area contributed by atoms with Gasteiger partial charge >= 0.3 is 0 Å². The second-order valence-corrected chi connectivity index (χ2v) is 3.84. The summed E-state index contributed by atoms with van der Waals surface area (Å²) in [5.41, 5.74) is 2.59. The molecule has 2 rings (SSSR count). The predicted octanol–water partition coefficient (Wildman–Crippen LogP) is 2.13. The molecule has 0 bridgehead atoms. The summed E-state index contributed by atoms with van der Waals surface area (Å²) in [6, 6.07) is 1.62. The quantitative estimate of drug-likeness (QED) is 0.881. The molecule has 5 heteroatoms. The van der Waals surface area contributed by atoms with Crippen LogP contribution in [0.3, 0.4) is 0 Å². The number of hydrogen-bond acceptors (Lipinski definition) is 3. The highest BCUT2D eigenvalue weighted by atomic mass is 19.1. The van der Waals surface area contributed by atoms with E-state index in [1.54, 1.807) is 16.9 Å². The first-order chi connectivity index (χ1) is 8.20. The highest BCUT2D eigenvalue weighted by Gasteiger charge is 2.06. The van der Waals surface area contributed by atoms with Gasteiger partial charge in [0.05, 0.1) is 17.6 Å². The molecule has 1 N–H and O–H groups in total. The first-order valence-electron chi connectivity index (χ1n) is 5.55. The molecule has 0 saturated carbocycles.